The number of nitrogens with zero attached hydrogens (tertiary/aromatic N) is 3. The Morgan fingerprint density at radius 1 is 1.14 bits per heavy atom. The highest BCUT2D eigenvalue weighted by Gasteiger charge is 2.16. The first-order valence-electron chi connectivity index (χ1n) is 5.30. The van der Waals surface area contributed by atoms with Gasteiger partial charge in [0.1, 0.15) is 17.0 Å². The number of hydrogen-bond donors (Lipinski definition) is 0. The summed E-state index contributed by atoms with van der Waals surface area (Å²) in [6, 6.07) is 5.15. The maximum absolute atomic E-state index is 10.7. The summed E-state index contributed by atoms with van der Waals surface area (Å²) in [6.45, 7) is 0. The number of ether oxygens (including phenoxy) is 1. The SMILES string of the molecule is O=[N+]([O-])c1cnc(Oc2cc([N+](=O)[O-])ccc2I)c(Cl)c1. The van der Waals surface area contributed by atoms with Crippen molar-refractivity contribution in [2.45, 2.75) is 0 Å². The molecule has 108 valence electrons. The quantitative estimate of drug-likeness (QED) is 0.420. The number of benzene rings is 1. The van der Waals surface area contributed by atoms with E-state index in [1.54, 1.807) is 0 Å². The van der Waals surface area contributed by atoms with Gasteiger partial charge in [0.2, 0.25) is 5.88 Å². The Labute approximate surface area is 136 Å². The largest absolute Gasteiger partial charge is 0.436 e. The molecular formula is C11H5ClIN3O5. The standard InChI is InChI=1S/C11H5ClIN3O5/c12-8-3-7(16(19)20)5-14-11(8)21-10-4-6(15(17)18)1-2-9(10)13/h1-5H. The minimum atomic E-state index is -0.639. The van der Waals surface area contributed by atoms with Gasteiger partial charge in [0, 0.05) is 12.1 Å². The van der Waals surface area contributed by atoms with Gasteiger partial charge in [0.25, 0.3) is 11.4 Å². The third kappa shape index (κ3) is 3.55. The van der Waals surface area contributed by atoms with Crippen molar-refractivity contribution >= 4 is 45.6 Å². The van der Waals surface area contributed by atoms with Gasteiger partial charge >= 0.3 is 0 Å². The molecule has 2 aromatic rings. The molecule has 0 amide bonds. The number of hydrogen-bond acceptors (Lipinski definition) is 6. The molecule has 0 aliphatic heterocycles. The Hall–Kier alpha value is -2.01. The summed E-state index contributed by atoms with van der Waals surface area (Å²) in [5.74, 6) is 0.119. The van der Waals surface area contributed by atoms with Crippen LogP contribution in [0.2, 0.25) is 5.02 Å². The van der Waals surface area contributed by atoms with E-state index in [9.17, 15) is 20.2 Å². The molecule has 0 unspecified atom stereocenters. The fraction of sp³-hybridized carbons (Fsp3) is 0. The van der Waals surface area contributed by atoms with Crippen molar-refractivity contribution in [2.24, 2.45) is 0 Å². The predicted octanol–water partition coefficient (Wildman–Crippen LogP) is 3.95. The highest BCUT2D eigenvalue weighted by atomic mass is 127. The molecule has 2 rings (SSSR count). The molecule has 0 spiro atoms. The lowest BCUT2D eigenvalue weighted by molar-refractivity contribution is -0.385. The summed E-state index contributed by atoms with van der Waals surface area (Å²) in [7, 11) is 0. The van der Waals surface area contributed by atoms with Crippen molar-refractivity contribution < 1.29 is 14.6 Å². The van der Waals surface area contributed by atoms with E-state index in [4.69, 9.17) is 16.3 Å². The third-order valence-corrected chi connectivity index (χ3v) is 3.50. The van der Waals surface area contributed by atoms with Crippen LogP contribution in [0.25, 0.3) is 0 Å². The van der Waals surface area contributed by atoms with Crippen molar-refractivity contribution in [2.75, 3.05) is 0 Å². The number of aromatic nitrogens is 1. The van der Waals surface area contributed by atoms with Crippen LogP contribution < -0.4 is 4.74 Å². The average molecular weight is 422 g/mol. The Morgan fingerprint density at radius 3 is 2.38 bits per heavy atom. The molecule has 0 bridgehead atoms. The fourth-order valence-electron chi connectivity index (χ4n) is 1.38. The summed E-state index contributed by atoms with van der Waals surface area (Å²) in [6.07, 6.45) is 0.991. The average Bonchev–Trinajstić information content (AvgIpc) is 2.42. The molecule has 0 N–H and O–H groups in total. The van der Waals surface area contributed by atoms with E-state index >= 15 is 0 Å². The highest BCUT2D eigenvalue weighted by molar-refractivity contribution is 14.1. The smallest absolute Gasteiger partial charge is 0.289 e. The molecule has 10 heteroatoms. The zero-order valence-corrected chi connectivity index (χ0v) is 12.9. The molecule has 0 fully saturated rings. The number of non-ortho nitro benzene ring substituents is 1. The molecule has 8 nitrogen and oxygen atoms in total. The van der Waals surface area contributed by atoms with Gasteiger partial charge < -0.3 is 4.74 Å². The van der Waals surface area contributed by atoms with Gasteiger partial charge in [-0.15, -0.1) is 0 Å². The lowest BCUT2D eigenvalue weighted by Gasteiger charge is -2.07. The van der Waals surface area contributed by atoms with E-state index in [-0.39, 0.29) is 28.0 Å². The lowest BCUT2D eigenvalue weighted by atomic mass is 10.3. The van der Waals surface area contributed by atoms with Gasteiger partial charge in [0.15, 0.2) is 0 Å². The van der Waals surface area contributed by atoms with Gasteiger partial charge in [-0.1, -0.05) is 11.6 Å². The molecule has 1 heterocycles. The number of halogens is 2. The summed E-state index contributed by atoms with van der Waals surface area (Å²) in [5, 5.41) is 21.3. The summed E-state index contributed by atoms with van der Waals surface area (Å²) >= 11 is 7.78. The Balaban J connectivity index is 2.36. The van der Waals surface area contributed by atoms with E-state index < -0.39 is 9.85 Å². The third-order valence-electron chi connectivity index (χ3n) is 2.34. The normalized spacial score (nSPS) is 10.2. The van der Waals surface area contributed by atoms with E-state index in [1.807, 2.05) is 22.6 Å². The minimum Gasteiger partial charge on any atom is -0.436 e. The van der Waals surface area contributed by atoms with Gasteiger partial charge in [-0.3, -0.25) is 20.2 Å². The molecule has 0 radical (unpaired) electrons. The number of pyridine rings is 1. The molecular weight excluding hydrogens is 416 g/mol. The van der Waals surface area contributed by atoms with Gasteiger partial charge in [0.05, 0.1) is 19.5 Å². The summed E-state index contributed by atoms with van der Waals surface area (Å²) < 4.78 is 5.99. The van der Waals surface area contributed by atoms with E-state index in [2.05, 4.69) is 4.98 Å². The number of nitro groups is 2. The van der Waals surface area contributed by atoms with Crippen LogP contribution in [-0.4, -0.2) is 14.8 Å². The van der Waals surface area contributed by atoms with E-state index in [0.717, 1.165) is 12.3 Å². The van der Waals surface area contributed by atoms with Crippen molar-refractivity contribution in [1.82, 2.24) is 4.98 Å². The summed E-state index contributed by atoms with van der Waals surface area (Å²) in [4.78, 5) is 23.9. The zero-order chi connectivity index (χ0) is 15.6. The number of rotatable bonds is 4. The second-order valence-electron chi connectivity index (χ2n) is 3.71. The van der Waals surface area contributed by atoms with Crippen LogP contribution in [0, 0.1) is 23.8 Å². The highest BCUT2D eigenvalue weighted by Crippen LogP contribution is 2.33. The first-order valence-corrected chi connectivity index (χ1v) is 6.76. The van der Waals surface area contributed by atoms with E-state index in [1.165, 1.54) is 18.2 Å². The van der Waals surface area contributed by atoms with Gasteiger partial charge in [-0.2, -0.15) is 0 Å². The number of nitro benzene ring substituents is 1. The molecule has 21 heavy (non-hydrogen) atoms. The summed E-state index contributed by atoms with van der Waals surface area (Å²) in [5.41, 5.74) is -0.426. The Kier molecular flexibility index (Phi) is 4.53. The van der Waals surface area contributed by atoms with Crippen LogP contribution >= 0.6 is 34.2 Å². The first-order chi connectivity index (χ1) is 9.88. The fourth-order valence-corrected chi connectivity index (χ4v) is 2.02. The van der Waals surface area contributed by atoms with Crippen molar-refractivity contribution in [3.63, 3.8) is 0 Å². The van der Waals surface area contributed by atoms with Crippen LogP contribution in [0.3, 0.4) is 0 Å². The molecule has 0 saturated heterocycles. The molecule has 0 aliphatic carbocycles. The molecule has 0 saturated carbocycles. The first kappa shape index (κ1) is 15.4. The monoisotopic (exact) mass is 421 g/mol. The van der Waals surface area contributed by atoms with Crippen LogP contribution in [-0.2, 0) is 0 Å². The Bertz CT molecular complexity index is 740. The Morgan fingerprint density at radius 2 is 1.81 bits per heavy atom. The second-order valence-corrected chi connectivity index (χ2v) is 5.28. The molecule has 1 aromatic carbocycles. The maximum Gasteiger partial charge on any atom is 0.289 e. The van der Waals surface area contributed by atoms with Crippen LogP contribution in [0.5, 0.6) is 11.6 Å². The lowest BCUT2D eigenvalue weighted by Crippen LogP contribution is -1.95. The van der Waals surface area contributed by atoms with Crippen LogP contribution in [0.4, 0.5) is 11.4 Å². The topological polar surface area (TPSA) is 108 Å². The maximum atomic E-state index is 10.7. The predicted molar refractivity (Wildman–Crippen MR) is 81.8 cm³/mol. The van der Waals surface area contributed by atoms with Crippen molar-refractivity contribution in [3.8, 4) is 11.6 Å². The van der Waals surface area contributed by atoms with Crippen molar-refractivity contribution in [1.29, 1.82) is 0 Å². The molecule has 0 aliphatic rings. The van der Waals surface area contributed by atoms with Gasteiger partial charge in [-0.05, 0) is 28.7 Å². The minimum absolute atomic E-state index is 0.0634. The van der Waals surface area contributed by atoms with Gasteiger partial charge in [-0.25, -0.2) is 4.98 Å². The van der Waals surface area contributed by atoms with Crippen LogP contribution in [0.15, 0.2) is 30.5 Å². The molecule has 1 aromatic heterocycles. The zero-order valence-electron chi connectivity index (χ0n) is 10.0. The molecule has 0 atom stereocenters. The second kappa shape index (κ2) is 6.18. The van der Waals surface area contributed by atoms with Crippen molar-refractivity contribution in [3.05, 3.63) is 59.3 Å². The van der Waals surface area contributed by atoms with E-state index in [0.29, 0.717) is 3.57 Å². The van der Waals surface area contributed by atoms with Crippen LogP contribution in [0.1, 0.15) is 0 Å².